The molecule has 0 aliphatic carbocycles. The van der Waals surface area contributed by atoms with Gasteiger partial charge in [0.1, 0.15) is 11.8 Å². The molecule has 0 aliphatic heterocycles. The SMILES string of the molecule is CCn1c(SCC(=O)Nc2ccc(C)c([N+](=O)[O-])c2)nnc1[C@H](CO)NC(=O)c1ccc(OC)cc1. The van der Waals surface area contributed by atoms with Crippen molar-refractivity contribution in [1.82, 2.24) is 20.1 Å². The monoisotopic (exact) mass is 514 g/mol. The fraction of sp³-hybridized carbons (Fsp3) is 0.304. The van der Waals surface area contributed by atoms with Crippen LogP contribution in [0.5, 0.6) is 5.75 Å². The van der Waals surface area contributed by atoms with Gasteiger partial charge in [-0.25, -0.2) is 0 Å². The molecule has 0 bridgehead atoms. The summed E-state index contributed by atoms with van der Waals surface area (Å²) in [5.41, 5.74) is 1.12. The summed E-state index contributed by atoms with van der Waals surface area (Å²) in [6.07, 6.45) is 0. The van der Waals surface area contributed by atoms with Crippen LogP contribution in [0.4, 0.5) is 11.4 Å². The van der Waals surface area contributed by atoms with Crippen LogP contribution in [0.1, 0.15) is 34.7 Å². The number of ether oxygens (including phenoxy) is 1. The molecule has 0 radical (unpaired) electrons. The van der Waals surface area contributed by atoms with Gasteiger partial charge in [-0.2, -0.15) is 0 Å². The van der Waals surface area contributed by atoms with Crippen molar-refractivity contribution in [3.05, 3.63) is 69.5 Å². The van der Waals surface area contributed by atoms with Gasteiger partial charge in [-0.15, -0.1) is 10.2 Å². The van der Waals surface area contributed by atoms with E-state index in [2.05, 4.69) is 20.8 Å². The third kappa shape index (κ3) is 6.37. The van der Waals surface area contributed by atoms with Crippen LogP contribution >= 0.6 is 11.8 Å². The highest BCUT2D eigenvalue weighted by atomic mass is 32.2. The van der Waals surface area contributed by atoms with Crippen molar-refractivity contribution in [1.29, 1.82) is 0 Å². The number of nitro groups is 1. The molecule has 2 amide bonds. The number of aliphatic hydroxyl groups excluding tert-OH is 1. The summed E-state index contributed by atoms with van der Waals surface area (Å²) < 4.78 is 6.79. The molecule has 0 spiro atoms. The Morgan fingerprint density at radius 3 is 2.56 bits per heavy atom. The Kier molecular flexibility index (Phi) is 8.97. The Morgan fingerprint density at radius 2 is 1.94 bits per heavy atom. The van der Waals surface area contributed by atoms with E-state index in [-0.39, 0.29) is 17.3 Å². The van der Waals surface area contributed by atoms with E-state index in [0.29, 0.717) is 40.1 Å². The van der Waals surface area contributed by atoms with E-state index in [4.69, 9.17) is 4.74 Å². The maximum absolute atomic E-state index is 12.6. The normalized spacial score (nSPS) is 11.6. The highest BCUT2D eigenvalue weighted by Crippen LogP contribution is 2.24. The molecule has 13 heteroatoms. The molecule has 36 heavy (non-hydrogen) atoms. The first-order chi connectivity index (χ1) is 17.3. The fourth-order valence-corrected chi connectivity index (χ4v) is 4.16. The smallest absolute Gasteiger partial charge is 0.274 e. The van der Waals surface area contributed by atoms with E-state index in [1.54, 1.807) is 47.9 Å². The molecular formula is C23H26N6O6S. The number of methoxy groups -OCH3 is 1. The number of carbonyl (C=O) groups excluding carboxylic acids is 2. The van der Waals surface area contributed by atoms with Gasteiger partial charge >= 0.3 is 0 Å². The zero-order valence-corrected chi connectivity index (χ0v) is 20.7. The van der Waals surface area contributed by atoms with Gasteiger partial charge in [0, 0.05) is 29.4 Å². The molecule has 0 unspecified atom stereocenters. The molecule has 2 aromatic carbocycles. The number of rotatable bonds is 11. The number of aliphatic hydroxyl groups is 1. The van der Waals surface area contributed by atoms with Gasteiger partial charge in [-0.05, 0) is 44.2 Å². The summed E-state index contributed by atoms with van der Waals surface area (Å²) in [4.78, 5) is 35.7. The maximum Gasteiger partial charge on any atom is 0.274 e. The van der Waals surface area contributed by atoms with E-state index in [9.17, 15) is 24.8 Å². The number of thioether (sulfide) groups is 1. The van der Waals surface area contributed by atoms with Crippen molar-refractivity contribution in [2.75, 3.05) is 24.8 Å². The first-order valence-corrected chi connectivity index (χ1v) is 11.9. The quantitative estimate of drug-likeness (QED) is 0.198. The molecule has 0 saturated heterocycles. The number of carbonyl (C=O) groups is 2. The number of aromatic nitrogens is 3. The van der Waals surface area contributed by atoms with E-state index >= 15 is 0 Å². The molecule has 190 valence electrons. The molecule has 0 aliphatic rings. The van der Waals surface area contributed by atoms with Crippen LogP contribution in [-0.2, 0) is 11.3 Å². The number of aryl methyl sites for hydroxylation is 1. The van der Waals surface area contributed by atoms with Crippen molar-refractivity contribution in [2.24, 2.45) is 0 Å². The van der Waals surface area contributed by atoms with E-state index in [0.717, 1.165) is 11.8 Å². The number of nitrogens with one attached hydrogen (secondary N) is 2. The zero-order chi connectivity index (χ0) is 26.2. The largest absolute Gasteiger partial charge is 0.497 e. The fourth-order valence-electron chi connectivity index (χ4n) is 3.35. The van der Waals surface area contributed by atoms with Crippen LogP contribution in [0.3, 0.4) is 0 Å². The van der Waals surface area contributed by atoms with Gasteiger partial charge in [-0.1, -0.05) is 17.8 Å². The van der Waals surface area contributed by atoms with Crippen LogP contribution in [0.15, 0.2) is 47.6 Å². The highest BCUT2D eigenvalue weighted by molar-refractivity contribution is 7.99. The molecule has 0 fully saturated rings. The van der Waals surface area contributed by atoms with Crippen LogP contribution in [-0.4, -0.2) is 56.1 Å². The Morgan fingerprint density at radius 1 is 1.22 bits per heavy atom. The number of amides is 2. The number of hydrogen-bond acceptors (Lipinski definition) is 9. The standard InChI is InChI=1S/C23H26N6O6S/c1-4-28-21(18(12-30)25-22(32)15-6-9-17(35-3)10-7-15)26-27-23(28)36-13-20(31)24-16-8-5-14(2)19(11-16)29(33)34/h5-11,18,30H,4,12-13H2,1-3H3,(H,24,31)(H,25,32)/t18-/m0/s1. The third-order valence-corrected chi connectivity index (χ3v) is 6.20. The molecule has 3 N–H and O–H groups in total. The Hall–Kier alpha value is -3.97. The second-order valence-corrected chi connectivity index (χ2v) is 8.56. The highest BCUT2D eigenvalue weighted by Gasteiger charge is 2.23. The average molecular weight is 515 g/mol. The van der Waals surface area contributed by atoms with E-state index in [1.807, 2.05) is 6.92 Å². The van der Waals surface area contributed by atoms with Crippen LogP contribution in [0, 0.1) is 17.0 Å². The molecule has 3 aromatic rings. The van der Waals surface area contributed by atoms with E-state index in [1.165, 1.54) is 13.2 Å². The number of anilines is 1. The number of nitrogens with zero attached hydrogens (tertiary/aromatic N) is 4. The third-order valence-electron chi connectivity index (χ3n) is 5.24. The number of nitro benzene ring substituents is 1. The van der Waals surface area contributed by atoms with Crippen molar-refractivity contribution in [2.45, 2.75) is 31.6 Å². The second kappa shape index (κ2) is 12.1. The maximum atomic E-state index is 12.6. The topological polar surface area (TPSA) is 162 Å². The Labute approximate surface area is 211 Å². The molecule has 1 heterocycles. The number of hydrogen-bond donors (Lipinski definition) is 3. The Bertz CT molecular complexity index is 1250. The van der Waals surface area contributed by atoms with Gasteiger partial charge in [0.25, 0.3) is 11.6 Å². The molecule has 0 saturated carbocycles. The first-order valence-electron chi connectivity index (χ1n) is 10.9. The molecular weight excluding hydrogens is 488 g/mol. The lowest BCUT2D eigenvalue weighted by Crippen LogP contribution is -2.32. The van der Waals surface area contributed by atoms with Crippen LogP contribution < -0.4 is 15.4 Å². The predicted molar refractivity (Wildman–Crippen MR) is 133 cm³/mol. The molecule has 1 atom stereocenters. The van der Waals surface area contributed by atoms with Crippen molar-refractivity contribution in [3.8, 4) is 5.75 Å². The minimum Gasteiger partial charge on any atom is -0.497 e. The van der Waals surface area contributed by atoms with Gasteiger partial charge in [-0.3, -0.25) is 19.7 Å². The van der Waals surface area contributed by atoms with Crippen LogP contribution in [0.25, 0.3) is 0 Å². The van der Waals surface area contributed by atoms with Crippen LogP contribution in [0.2, 0.25) is 0 Å². The van der Waals surface area contributed by atoms with Gasteiger partial charge in [0.2, 0.25) is 5.91 Å². The van der Waals surface area contributed by atoms with Gasteiger partial charge in [0.05, 0.1) is 24.4 Å². The lowest BCUT2D eigenvalue weighted by Gasteiger charge is -2.17. The van der Waals surface area contributed by atoms with Crippen molar-refractivity contribution in [3.63, 3.8) is 0 Å². The summed E-state index contributed by atoms with van der Waals surface area (Å²) in [6.45, 7) is 3.50. The van der Waals surface area contributed by atoms with Gasteiger partial charge in [0.15, 0.2) is 11.0 Å². The second-order valence-electron chi connectivity index (χ2n) is 7.62. The molecule has 1 aromatic heterocycles. The number of benzene rings is 2. The van der Waals surface area contributed by atoms with Crippen molar-refractivity contribution < 1.29 is 24.4 Å². The van der Waals surface area contributed by atoms with Crippen molar-refractivity contribution >= 4 is 35.0 Å². The zero-order valence-electron chi connectivity index (χ0n) is 19.9. The Balaban J connectivity index is 1.66. The summed E-state index contributed by atoms with van der Waals surface area (Å²) in [5.74, 6) is 0.156. The summed E-state index contributed by atoms with van der Waals surface area (Å²) in [7, 11) is 1.53. The summed E-state index contributed by atoms with van der Waals surface area (Å²) in [5, 5.41) is 35.1. The summed E-state index contributed by atoms with van der Waals surface area (Å²) in [6, 6.07) is 10.2. The first kappa shape index (κ1) is 26.6. The molecule has 3 rings (SSSR count). The predicted octanol–water partition coefficient (Wildman–Crippen LogP) is 2.72. The minimum absolute atomic E-state index is 0.0260. The average Bonchev–Trinajstić information content (AvgIpc) is 3.29. The lowest BCUT2D eigenvalue weighted by atomic mass is 10.2. The molecule has 12 nitrogen and oxygen atoms in total. The summed E-state index contributed by atoms with van der Waals surface area (Å²) >= 11 is 1.12. The minimum atomic E-state index is -0.816. The lowest BCUT2D eigenvalue weighted by molar-refractivity contribution is -0.385. The van der Waals surface area contributed by atoms with Gasteiger partial charge < -0.3 is 25.0 Å². The van der Waals surface area contributed by atoms with E-state index < -0.39 is 23.5 Å².